The molecule has 0 amide bonds. The maximum atomic E-state index is 14.4. The molecule has 2 aliphatic carbocycles. The summed E-state index contributed by atoms with van der Waals surface area (Å²) in [7, 11) is 0. The molecule has 0 bridgehead atoms. The number of rotatable bonds is 10. The molecule has 0 unspecified atom stereocenters. The second-order valence-corrected chi connectivity index (χ2v) is 17.4. The van der Waals surface area contributed by atoms with Crippen LogP contribution in [0.15, 0.2) is 12.1 Å². The SMILES string of the molecule is Cc1c(C(=O)O)c(O)cc2c1C(=O)c1c([O-])c([C@@H]3O[C@H](CO)[C@@H](O)[C@H](O)[C@H]3O)c(O)c([O][Al][O]c3c(O)c([C@@H]4O[C@H](CO)[C@@H](O)[C@H](O)[C@H]4O)c([O-])c4c3C(=O)c3cc(O)c(C(=O)O)c(C)c3C4=O)c1C2=O.O.O.O.O.[Ca+2]. The van der Waals surface area contributed by atoms with Crippen molar-refractivity contribution in [3.8, 4) is 46.0 Å². The zero-order valence-electron chi connectivity index (χ0n) is 38.8. The van der Waals surface area contributed by atoms with Crippen LogP contribution in [0.3, 0.4) is 0 Å². The minimum atomic E-state index is -2.65. The number of carboxylic acid groups (broad SMARTS) is 2. The molecule has 4 aliphatic rings. The molecule has 405 valence electrons. The van der Waals surface area contributed by atoms with E-state index < -0.39 is 249 Å². The Morgan fingerprint density at radius 3 is 1.14 bits per heavy atom. The average Bonchev–Trinajstić information content (AvgIpc) is 3.30. The van der Waals surface area contributed by atoms with E-state index in [-0.39, 0.29) is 59.6 Å². The van der Waals surface area contributed by atoms with Crippen molar-refractivity contribution < 1.29 is 149 Å². The molecule has 2 fully saturated rings. The van der Waals surface area contributed by atoms with E-state index in [1.807, 2.05) is 0 Å². The van der Waals surface area contributed by atoms with Crippen LogP contribution in [0.4, 0.5) is 0 Å². The van der Waals surface area contributed by atoms with Gasteiger partial charge in [-0.25, -0.2) is 9.59 Å². The molecule has 0 spiro atoms. The summed E-state index contributed by atoms with van der Waals surface area (Å²) >= 11 is -2.65. The molecule has 4 aromatic rings. The number of aromatic hydroxyl groups is 4. The molecule has 4 aromatic carbocycles. The predicted molar refractivity (Wildman–Crippen MR) is 241 cm³/mol. The van der Waals surface area contributed by atoms with E-state index in [2.05, 4.69) is 0 Å². The van der Waals surface area contributed by atoms with Gasteiger partial charge < -0.3 is 121 Å². The summed E-state index contributed by atoms with van der Waals surface area (Å²) in [5, 5.41) is 178. The molecule has 0 saturated carbocycles. The first-order valence-corrected chi connectivity index (χ1v) is 21.6. The van der Waals surface area contributed by atoms with Crippen molar-refractivity contribution in [2.24, 2.45) is 0 Å². The summed E-state index contributed by atoms with van der Waals surface area (Å²) in [6.45, 7) is -0.149. The third kappa shape index (κ3) is 9.46. The molecule has 2 heterocycles. The van der Waals surface area contributed by atoms with Crippen molar-refractivity contribution in [3.05, 3.63) is 90.0 Å². The van der Waals surface area contributed by atoms with Crippen molar-refractivity contribution in [3.63, 3.8) is 0 Å². The third-order valence-corrected chi connectivity index (χ3v) is 13.6. The van der Waals surface area contributed by atoms with Gasteiger partial charge in [0.15, 0.2) is 34.6 Å². The number of aromatic carboxylic acids is 2. The van der Waals surface area contributed by atoms with Gasteiger partial charge in [-0.2, -0.15) is 0 Å². The fourth-order valence-electron chi connectivity index (χ4n) is 9.45. The van der Waals surface area contributed by atoms with Crippen LogP contribution in [0.1, 0.15) is 119 Å². The first-order chi connectivity index (χ1) is 33.3. The number of phenols is 4. The van der Waals surface area contributed by atoms with Gasteiger partial charge in [0, 0.05) is 44.5 Å². The molecule has 0 aromatic heterocycles. The van der Waals surface area contributed by atoms with Crippen LogP contribution >= 0.6 is 0 Å². The Bertz CT molecular complexity index is 2860. The van der Waals surface area contributed by atoms with Crippen molar-refractivity contribution in [2.45, 2.75) is 74.9 Å². The smallest absolute Gasteiger partial charge is 0.872 e. The van der Waals surface area contributed by atoms with Gasteiger partial charge in [0.05, 0.1) is 24.3 Å². The number of phenolic OH excluding ortho intramolecular Hbond substituents is 2. The van der Waals surface area contributed by atoms with Gasteiger partial charge in [-0.15, -0.1) is 0 Å². The van der Waals surface area contributed by atoms with Crippen LogP contribution in [0.25, 0.3) is 0 Å². The molecule has 22 N–H and O–H groups in total. The Labute approximate surface area is 459 Å². The van der Waals surface area contributed by atoms with Crippen LogP contribution in [0.2, 0.25) is 0 Å². The second-order valence-electron chi connectivity index (χ2n) is 16.7. The standard InChI is InChI=1S/2C22H20O13.Al.Ca.4H2O/c2*1-4-8-5(2-6(24)9(4)22(33)34)13(25)10-11(15(8)27)16(28)12(18(30)17(10)29)21-20(32)19(31)14(26)7(3-23)35-21;;;;;;/h2*2,7,14,19-21,23-24,26,28-32H,3H2,1H3,(H,33,34);;;4*1H2/q;;2*+2;;;;/p-4/t2*7-,14-,19+,20-,21+;;;;;;/m11....../s1. The van der Waals surface area contributed by atoms with Gasteiger partial charge in [-0.05, 0) is 37.1 Å². The molecule has 76 heavy (non-hydrogen) atoms. The van der Waals surface area contributed by atoms with Crippen molar-refractivity contribution in [2.75, 3.05) is 13.2 Å². The summed E-state index contributed by atoms with van der Waals surface area (Å²) in [4.78, 5) is 81.9. The summed E-state index contributed by atoms with van der Waals surface area (Å²) in [6.07, 6.45) is -21.4. The zero-order valence-corrected chi connectivity index (χ0v) is 42.1. The Kier molecular flexibility index (Phi) is 19.8. The van der Waals surface area contributed by atoms with Crippen LogP contribution in [-0.2, 0) is 9.47 Å². The number of aliphatic hydroxyl groups excluding tert-OH is 8. The van der Waals surface area contributed by atoms with Gasteiger partial charge >= 0.3 is 65.6 Å². The van der Waals surface area contributed by atoms with E-state index >= 15 is 0 Å². The van der Waals surface area contributed by atoms with Gasteiger partial charge in [0.1, 0.15) is 95.2 Å². The maximum Gasteiger partial charge on any atom is 2.00 e. The van der Waals surface area contributed by atoms with Gasteiger partial charge in [-0.1, -0.05) is 11.5 Å². The van der Waals surface area contributed by atoms with Crippen molar-refractivity contribution in [1.82, 2.24) is 0 Å². The van der Waals surface area contributed by atoms with E-state index in [1.54, 1.807) is 0 Å². The Morgan fingerprint density at radius 1 is 0.539 bits per heavy atom. The number of carbonyl (C=O) groups is 6. The molecule has 8 rings (SSSR count). The second kappa shape index (κ2) is 23.4. The molecular formula is C44H44AlCaO30. The summed E-state index contributed by atoms with van der Waals surface area (Å²) in [5.41, 5.74) is -12.8. The van der Waals surface area contributed by atoms with Gasteiger partial charge in [0.2, 0.25) is 0 Å². The van der Waals surface area contributed by atoms with E-state index in [4.69, 9.17) is 17.1 Å². The molecule has 2 aliphatic heterocycles. The molecular weight excluding hydrogens is 1080 g/mol. The van der Waals surface area contributed by atoms with E-state index in [1.165, 1.54) is 0 Å². The first-order valence-electron chi connectivity index (χ1n) is 20.7. The predicted octanol–water partition coefficient (Wildman–Crippen LogP) is -7.44. The van der Waals surface area contributed by atoms with Crippen LogP contribution < -0.4 is 17.8 Å². The van der Waals surface area contributed by atoms with E-state index in [9.17, 15) is 110 Å². The molecule has 32 heteroatoms. The number of aliphatic hydroxyl groups is 8. The number of hydrogen-bond donors (Lipinski definition) is 14. The number of fused-ring (bicyclic) bond motifs is 4. The largest absolute Gasteiger partial charge is 2.00 e. The Balaban J connectivity index is 0.00000304. The minimum absolute atomic E-state index is 0. The van der Waals surface area contributed by atoms with Gasteiger partial charge in [-0.3, -0.25) is 19.2 Å². The summed E-state index contributed by atoms with van der Waals surface area (Å²) in [5.74, 6) is -20.0. The number of carboxylic acids is 2. The summed E-state index contributed by atoms with van der Waals surface area (Å²) in [6, 6.07) is 1.12. The van der Waals surface area contributed by atoms with E-state index in [0.29, 0.717) is 12.1 Å². The number of carbonyl (C=O) groups excluding carboxylic acids is 4. The van der Waals surface area contributed by atoms with Crippen LogP contribution in [0.5, 0.6) is 46.0 Å². The fourth-order valence-corrected chi connectivity index (χ4v) is 10.1. The first kappa shape index (κ1) is 64.4. The quantitative estimate of drug-likeness (QED) is 0.0567. The minimum Gasteiger partial charge on any atom is -0.872 e. The van der Waals surface area contributed by atoms with E-state index in [0.717, 1.165) is 13.8 Å². The monoisotopic (exact) mass is 1120 g/mol. The number of ketones is 4. The van der Waals surface area contributed by atoms with Crippen LogP contribution in [0, 0.1) is 13.8 Å². The maximum absolute atomic E-state index is 14.4. The Morgan fingerprint density at radius 2 is 0.855 bits per heavy atom. The fraction of sp³-hybridized carbons (Fsp3) is 0.318. The molecule has 1 radical (unpaired) electrons. The number of benzene rings is 4. The van der Waals surface area contributed by atoms with Crippen LogP contribution in [-0.4, -0.2) is 244 Å². The normalized spacial score (nSPS) is 24.0. The molecule has 2 saturated heterocycles. The molecule has 30 nitrogen and oxygen atoms in total. The zero-order chi connectivity index (χ0) is 52.3. The van der Waals surface area contributed by atoms with Crippen molar-refractivity contribution >= 4 is 88.7 Å². The topological polar surface area (TPSA) is 595 Å². The third-order valence-electron chi connectivity index (χ3n) is 12.9. The summed E-state index contributed by atoms with van der Waals surface area (Å²) < 4.78 is 22.5. The van der Waals surface area contributed by atoms with Gasteiger partial charge in [0.25, 0.3) is 0 Å². The number of ether oxygens (including phenoxy) is 2. The van der Waals surface area contributed by atoms with Crippen molar-refractivity contribution in [1.29, 1.82) is 0 Å². The Hall–Kier alpha value is -5.87. The average molecular weight is 1120 g/mol. The molecule has 10 atom stereocenters. The number of hydrogen-bond acceptors (Lipinski definition) is 24.